The number of fused-ring (bicyclic) bond motifs is 2. The normalized spacial score (nSPS) is 18.1. The lowest BCUT2D eigenvalue weighted by atomic mass is 9.81. The van der Waals surface area contributed by atoms with Crippen LogP contribution in [0.25, 0.3) is 22.4 Å². The zero-order chi connectivity index (χ0) is 19.8. The summed E-state index contributed by atoms with van der Waals surface area (Å²) in [6.45, 7) is 0. The fraction of sp³-hybridized carbons (Fsp3) is 0.154. The molecule has 0 N–H and O–H groups in total. The van der Waals surface area contributed by atoms with E-state index in [2.05, 4.69) is 48.6 Å². The van der Waals surface area contributed by atoms with Crippen LogP contribution < -0.4 is 0 Å². The van der Waals surface area contributed by atoms with Gasteiger partial charge in [-0.15, -0.1) is 0 Å². The first kappa shape index (κ1) is 17.6. The molecule has 0 aromatic heterocycles. The Morgan fingerprint density at radius 1 is 0.966 bits per heavy atom. The topological polar surface area (TPSA) is 43.1 Å². The van der Waals surface area contributed by atoms with Gasteiger partial charge in [0.15, 0.2) is 0 Å². The summed E-state index contributed by atoms with van der Waals surface area (Å²) in [4.78, 5) is 11.8. The van der Waals surface area contributed by atoms with Gasteiger partial charge in [-0.05, 0) is 57.9 Å². The van der Waals surface area contributed by atoms with Gasteiger partial charge in [0.2, 0.25) is 0 Å². The summed E-state index contributed by atoms with van der Waals surface area (Å²) in [7, 11) is 0. The predicted molar refractivity (Wildman–Crippen MR) is 118 cm³/mol. The largest absolute Gasteiger partial charge is 0.259 e. The van der Waals surface area contributed by atoms with Crippen LogP contribution in [-0.4, -0.2) is 4.92 Å². The van der Waals surface area contributed by atoms with Crippen molar-refractivity contribution in [3.8, 4) is 0 Å². The van der Waals surface area contributed by atoms with Crippen LogP contribution in [0.4, 0.5) is 0 Å². The zero-order valence-corrected chi connectivity index (χ0v) is 16.0. The lowest BCUT2D eigenvalue weighted by Crippen LogP contribution is -2.14. The van der Waals surface area contributed by atoms with E-state index >= 15 is 0 Å². The lowest BCUT2D eigenvalue weighted by molar-refractivity contribution is -0.430. The van der Waals surface area contributed by atoms with Crippen molar-refractivity contribution < 1.29 is 4.92 Å². The van der Waals surface area contributed by atoms with Gasteiger partial charge >= 0.3 is 0 Å². The molecular formula is C26H21NO2. The molecule has 0 aliphatic heterocycles. The monoisotopic (exact) mass is 379 g/mol. The first-order valence-corrected chi connectivity index (χ1v) is 10.0. The minimum Gasteiger partial charge on any atom is -0.259 e. The van der Waals surface area contributed by atoms with Gasteiger partial charge in [-0.25, -0.2) is 0 Å². The first-order valence-electron chi connectivity index (χ1n) is 10.0. The molecule has 0 radical (unpaired) electrons. The van der Waals surface area contributed by atoms with Crippen molar-refractivity contribution in [3.63, 3.8) is 0 Å². The van der Waals surface area contributed by atoms with Crippen LogP contribution in [0, 0.1) is 10.1 Å². The highest BCUT2D eigenvalue weighted by Gasteiger charge is 2.31. The van der Waals surface area contributed by atoms with E-state index in [1.54, 1.807) is 6.08 Å². The van der Waals surface area contributed by atoms with Crippen molar-refractivity contribution in [3.05, 3.63) is 117 Å². The Kier molecular flexibility index (Phi) is 4.36. The molecule has 2 aliphatic rings. The third-order valence-corrected chi connectivity index (χ3v) is 6.03. The van der Waals surface area contributed by atoms with Gasteiger partial charge in [0.1, 0.15) is 0 Å². The second-order valence-electron chi connectivity index (χ2n) is 7.66. The minimum atomic E-state index is -0.237. The third-order valence-electron chi connectivity index (χ3n) is 6.03. The molecule has 0 saturated heterocycles. The average molecular weight is 379 g/mol. The maximum absolute atomic E-state index is 12.0. The van der Waals surface area contributed by atoms with E-state index in [9.17, 15) is 10.1 Å². The van der Waals surface area contributed by atoms with Crippen molar-refractivity contribution in [2.24, 2.45) is 0 Å². The van der Waals surface area contributed by atoms with Gasteiger partial charge < -0.3 is 0 Å². The van der Waals surface area contributed by atoms with Crippen molar-refractivity contribution in [2.45, 2.75) is 25.2 Å². The molecule has 3 nitrogen and oxygen atoms in total. The van der Waals surface area contributed by atoms with Crippen LogP contribution in [0.15, 0.2) is 84.6 Å². The van der Waals surface area contributed by atoms with E-state index < -0.39 is 0 Å². The smallest absolute Gasteiger partial charge is 0.254 e. The number of rotatable bonds is 3. The SMILES string of the molecule is O=[N+]([O-])C1=CC(c2cccc3c2CCC=C3)=CCC1c1cccc2ccccc12. The molecule has 1 atom stereocenters. The Morgan fingerprint density at radius 3 is 2.69 bits per heavy atom. The maximum atomic E-state index is 12.0. The van der Waals surface area contributed by atoms with Crippen molar-refractivity contribution in [2.75, 3.05) is 0 Å². The average Bonchev–Trinajstić information content (AvgIpc) is 2.78. The molecule has 2 aliphatic carbocycles. The summed E-state index contributed by atoms with van der Waals surface area (Å²) in [5.74, 6) is -0.237. The van der Waals surface area contributed by atoms with Gasteiger partial charge in [-0.2, -0.15) is 0 Å². The quantitative estimate of drug-likeness (QED) is 0.383. The third kappa shape index (κ3) is 3.09. The summed E-state index contributed by atoms with van der Waals surface area (Å²) in [6, 6.07) is 20.4. The van der Waals surface area contributed by atoms with E-state index in [0.717, 1.165) is 40.3 Å². The molecule has 142 valence electrons. The van der Waals surface area contributed by atoms with E-state index in [0.29, 0.717) is 6.42 Å². The molecule has 3 aromatic rings. The Balaban J connectivity index is 1.60. The highest BCUT2D eigenvalue weighted by Crippen LogP contribution is 2.40. The van der Waals surface area contributed by atoms with E-state index in [1.807, 2.05) is 30.3 Å². The highest BCUT2D eigenvalue weighted by molar-refractivity contribution is 5.87. The van der Waals surface area contributed by atoms with Crippen LogP contribution in [-0.2, 0) is 6.42 Å². The number of hydrogen-bond donors (Lipinski definition) is 0. The second-order valence-corrected chi connectivity index (χ2v) is 7.66. The Bertz CT molecular complexity index is 1210. The summed E-state index contributed by atoms with van der Waals surface area (Å²) in [5, 5.41) is 14.2. The molecule has 3 heteroatoms. The molecular weight excluding hydrogens is 358 g/mol. The molecule has 29 heavy (non-hydrogen) atoms. The summed E-state index contributed by atoms with van der Waals surface area (Å²) in [5.41, 5.74) is 5.93. The van der Waals surface area contributed by atoms with Crippen LogP contribution in [0.3, 0.4) is 0 Å². The molecule has 3 aromatic carbocycles. The van der Waals surface area contributed by atoms with Crippen LogP contribution in [0.2, 0.25) is 0 Å². The standard InChI is InChI=1S/C26H21NO2/c28-27(29)26-17-20(23-13-5-9-18-7-1-3-11-21(18)23)15-16-25(26)24-14-6-10-19-8-2-4-12-22(19)24/h1-2,4-10,12-15,17,25H,3,11,16H2. The molecule has 0 fully saturated rings. The highest BCUT2D eigenvalue weighted by atomic mass is 16.6. The molecule has 0 spiro atoms. The fourth-order valence-corrected chi connectivity index (χ4v) is 4.64. The van der Waals surface area contributed by atoms with Crippen molar-refractivity contribution in [1.82, 2.24) is 0 Å². The minimum absolute atomic E-state index is 0.200. The summed E-state index contributed by atoms with van der Waals surface area (Å²) in [6.07, 6.45) is 10.9. The number of hydrogen-bond acceptors (Lipinski definition) is 2. The Hall–Kier alpha value is -3.46. The predicted octanol–water partition coefficient (Wildman–Crippen LogP) is 6.53. The first-order chi connectivity index (χ1) is 14.2. The molecule has 0 bridgehead atoms. The summed E-state index contributed by atoms with van der Waals surface area (Å²) < 4.78 is 0. The van der Waals surface area contributed by atoms with E-state index in [4.69, 9.17) is 0 Å². The lowest BCUT2D eigenvalue weighted by Gasteiger charge is -2.22. The van der Waals surface area contributed by atoms with Crippen molar-refractivity contribution in [1.29, 1.82) is 0 Å². The van der Waals surface area contributed by atoms with E-state index in [-0.39, 0.29) is 16.5 Å². The fourth-order valence-electron chi connectivity index (χ4n) is 4.64. The maximum Gasteiger partial charge on any atom is 0.254 e. The number of nitro groups is 1. The van der Waals surface area contributed by atoms with Crippen LogP contribution in [0.5, 0.6) is 0 Å². The van der Waals surface area contributed by atoms with Crippen LogP contribution in [0.1, 0.15) is 41.0 Å². The zero-order valence-electron chi connectivity index (χ0n) is 16.0. The van der Waals surface area contributed by atoms with Gasteiger partial charge in [-0.3, -0.25) is 10.1 Å². The Labute approximate surface area is 169 Å². The van der Waals surface area contributed by atoms with Gasteiger partial charge in [0.25, 0.3) is 5.70 Å². The second kappa shape index (κ2) is 7.17. The summed E-state index contributed by atoms with van der Waals surface area (Å²) >= 11 is 0. The number of allylic oxidation sites excluding steroid dienone is 5. The van der Waals surface area contributed by atoms with Gasteiger partial charge in [-0.1, -0.05) is 78.9 Å². The molecule has 0 heterocycles. The number of nitrogens with zero attached hydrogens (tertiary/aromatic N) is 1. The van der Waals surface area contributed by atoms with Crippen molar-refractivity contribution >= 4 is 22.4 Å². The number of benzene rings is 3. The van der Waals surface area contributed by atoms with Gasteiger partial charge in [0, 0.05) is 6.08 Å². The van der Waals surface area contributed by atoms with Gasteiger partial charge in [0.05, 0.1) is 10.8 Å². The molecule has 0 amide bonds. The molecule has 5 rings (SSSR count). The molecule has 0 saturated carbocycles. The van der Waals surface area contributed by atoms with Crippen LogP contribution >= 0.6 is 0 Å². The molecule has 1 unspecified atom stereocenters. The Morgan fingerprint density at radius 2 is 1.79 bits per heavy atom. The van der Waals surface area contributed by atoms with E-state index in [1.165, 1.54) is 11.1 Å².